The van der Waals surface area contributed by atoms with Gasteiger partial charge in [-0.25, -0.2) is 0 Å². The normalized spacial score (nSPS) is 12.6. The summed E-state index contributed by atoms with van der Waals surface area (Å²) in [5.41, 5.74) is 0.890. The van der Waals surface area contributed by atoms with Gasteiger partial charge in [0.25, 0.3) is 0 Å². The van der Waals surface area contributed by atoms with Crippen LogP contribution in [0.1, 0.15) is 24.5 Å². The van der Waals surface area contributed by atoms with E-state index >= 15 is 0 Å². The zero-order chi connectivity index (χ0) is 10.5. The molecule has 0 aromatic carbocycles. The van der Waals surface area contributed by atoms with Gasteiger partial charge in [-0.3, -0.25) is 9.97 Å². The monoisotopic (exact) mass is 205 g/mol. The molecule has 0 fully saturated rings. The van der Waals surface area contributed by atoms with Crippen LogP contribution in [-0.2, 0) is 6.54 Å². The van der Waals surface area contributed by atoms with Crippen LogP contribution in [-0.4, -0.2) is 30.6 Å². The highest BCUT2D eigenvalue weighted by molar-refractivity contribution is 5.00. The van der Waals surface area contributed by atoms with E-state index in [1.807, 2.05) is 6.92 Å². The molecule has 2 N–H and O–H groups in total. The molecule has 0 saturated carbocycles. The Kier molecular flexibility index (Phi) is 2.93. The summed E-state index contributed by atoms with van der Waals surface area (Å²) in [6, 6.07) is 0.109. The predicted octanol–water partition coefficient (Wildman–Crippen LogP) is -0.160. The number of hydrogen-bond donors (Lipinski definition) is 2. The van der Waals surface area contributed by atoms with E-state index in [-0.39, 0.29) is 6.04 Å². The van der Waals surface area contributed by atoms with Crippen LogP contribution in [0.15, 0.2) is 18.6 Å². The number of H-pyrrole nitrogens is 1. The summed E-state index contributed by atoms with van der Waals surface area (Å²) in [6.45, 7) is 2.55. The lowest BCUT2D eigenvalue weighted by molar-refractivity contribution is 0.546. The molecule has 0 radical (unpaired) electrons. The van der Waals surface area contributed by atoms with E-state index in [1.165, 1.54) is 0 Å². The van der Waals surface area contributed by atoms with Crippen molar-refractivity contribution in [3.63, 3.8) is 0 Å². The van der Waals surface area contributed by atoms with Crippen LogP contribution in [0.4, 0.5) is 0 Å². The van der Waals surface area contributed by atoms with Crippen LogP contribution < -0.4 is 5.32 Å². The zero-order valence-electron chi connectivity index (χ0n) is 8.25. The molecular formula is C8H11N7. The van der Waals surface area contributed by atoms with E-state index in [0.29, 0.717) is 12.4 Å². The molecular weight excluding hydrogens is 194 g/mol. The number of aromatic amines is 1. The number of hydrogen-bond acceptors (Lipinski definition) is 6. The molecule has 15 heavy (non-hydrogen) atoms. The first kappa shape index (κ1) is 9.66. The molecule has 2 aromatic heterocycles. The summed E-state index contributed by atoms with van der Waals surface area (Å²) >= 11 is 0. The first-order valence-corrected chi connectivity index (χ1v) is 4.58. The van der Waals surface area contributed by atoms with E-state index in [0.717, 1.165) is 5.69 Å². The van der Waals surface area contributed by atoms with Gasteiger partial charge in [-0.05, 0) is 6.92 Å². The molecule has 7 nitrogen and oxygen atoms in total. The molecule has 2 heterocycles. The number of aromatic nitrogens is 6. The highest BCUT2D eigenvalue weighted by atomic mass is 15.5. The molecule has 1 atom stereocenters. The van der Waals surface area contributed by atoms with E-state index in [9.17, 15) is 0 Å². The minimum Gasteiger partial charge on any atom is -0.302 e. The van der Waals surface area contributed by atoms with Gasteiger partial charge in [0.15, 0.2) is 5.82 Å². The third-order valence-electron chi connectivity index (χ3n) is 1.98. The Hall–Kier alpha value is -1.89. The minimum atomic E-state index is 0.109. The highest BCUT2D eigenvalue weighted by Crippen LogP contribution is 2.06. The summed E-state index contributed by atoms with van der Waals surface area (Å²) in [5, 5.41) is 16.7. The van der Waals surface area contributed by atoms with Gasteiger partial charge in [0, 0.05) is 24.6 Å². The van der Waals surface area contributed by atoms with Crippen molar-refractivity contribution in [2.45, 2.75) is 19.5 Å². The van der Waals surface area contributed by atoms with Crippen LogP contribution in [0, 0.1) is 0 Å². The van der Waals surface area contributed by atoms with Crippen molar-refractivity contribution in [3.8, 4) is 0 Å². The van der Waals surface area contributed by atoms with Crippen LogP contribution in [0.3, 0.4) is 0 Å². The summed E-state index contributed by atoms with van der Waals surface area (Å²) in [5.74, 6) is 0.630. The number of nitrogens with one attached hydrogen (secondary N) is 2. The smallest absolute Gasteiger partial charge is 0.188 e. The molecule has 1 unspecified atom stereocenters. The highest BCUT2D eigenvalue weighted by Gasteiger charge is 2.07. The van der Waals surface area contributed by atoms with Crippen molar-refractivity contribution < 1.29 is 0 Å². The van der Waals surface area contributed by atoms with Crippen molar-refractivity contribution in [1.29, 1.82) is 0 Å². The van der Waals surface area contributed by atoms with Gasteiger partial charge in [-0.2, -0.15) is 5.21 Å². The van der Waals surface area contributed by atoms with Gasteiger partial charge in [0.05, 0.1) is 12.2 Å². The lowest BCUT2D eigenvalue weighted by atomic mass is 10.2. The molecule has 0 aliphatic carbocycles. The Bertz CT molecular complexity index is 385. The van der Waals surface area contributed by atoms with Gasteiger partial charge in [-0.15, -0.1) is 10.2 Å². The Morgan fingerprint density at radius 1 is 1.47 bits per heavy atom. The van der Waals surface area contributed by atoms with Crippen molar-refractivity contribution in [2.75, 3.05) is 0 Å². The van der Waals surface area contributed by atoms with Crippen LogP contribution in [0.25, 0.3) is 0 Å². The number of tetrazole rings is 1. The average Bonchev–Trinajstić information content (AvgIpc) is 2.80. The second-order valence-electron chi connectivity index (χ2n) is 3.06. The molecule has 0 aliphatic rings. The molecule has 7 heteroatoms. The predicted molar refractivity (Wildman–Crippen MR) is 51.5 cm³/mol. The number of nitrogens with zero attached hydrogens (tertiary/aromatic N) is 5. The zero-order valence-corrected chi connectivity index (χ0v) is 8.25. The van der Waals surface area contributed by atoms with E-state index in [4.69, 9.17) is 0 Å². The van der Waals surface area contributed by atoms with Gasteiger partial charge in [0.1, 0.15) is 0 Å². The van der Waals surface area contributed by atoms with Crippen molar-refractivity contribution in [3.05, 3.63) is 30.1 Å². The van der Waals surface area contributed by atoms with Crippen molar-refractivity contribution in [1.82, 2.24) is 35.9 Å². The quantitative estimate of drug-likeness (QED) is 0.720. The Labute approximate surface area is 86.3 Å². The minimum absolute atomic E-state index is 0.109. The fourth-order valence-electron chi connectivity index (χ4n) is 1.14. The fraction of sp³-hybridized carbons (Fsp3) is 0.375. The molecule has 78 valence electrons. The Morgan fingerprint density at radius 3 is 3.07 bits per heavy atom. The van der Waals surface area contributed by atoms with Crippen LogP contribution in [0.2, 0.25) is 0 Å². The molecule has 0 bridgehead atoms. The fourth-order valence-corrected chi connectivity index (χ4v) is 1.14. The van der Waals surface area contributed by atoms with E-state index in [2.05, 4.69) is 35.9 Å². The van der Waals surface area contributed by atoms with E-state index in [1.54, 1.807) is 18.6 Å². The Balaban J connectivity index is 1.90. The van der Waals surface area contributed by atoms with Gasteiger partial charge < -0.3 is 5.32 Å². The van der Waals surface area contributed by atoms with Crippen LogP contribution in [0.5, 0.6) is 0 Å². The number of rotatable bonds is 4. The first-order valence-electron chi connectivity index (χ1n) is 4.58. The van der Waals surface area contributed by atoms with Gasteiger partial charge in [-0.1, -0.05) is 5.21 Å². The summed E-state index contributed by atoms with van der Waals surface area (Å²) in [4.78, 5) is 8.19. The maximum absolute atomic E-state index is 4.19. The second-order valence-corrected chi connectivity index (χ2v) is 3.06. The summed E-state index contributed by atoms with van der Waals surface area (Å²) in [6.07, 6.45) is 5.05. The first-order chi connectivity index (χ1) is 7.36. The standard InChI is InChI=1S/C8H11N7/c1-6(7-4-9-2-3-10-7)11-5-8-12-14-15-13-8/h2-4,6,11H,5H2,1H3,(H,12,13,14,15). The lowest BCUT2D eigenvalue weighted by Gasteiger charge is -2.10. The third kappa shape index (κ3) is 2.53. The topological polar surface area (TPSA) is 92.3 Å². The molecule has 2 rings (SSSR count). The molecule has 0 amide bonds. The lowest BCUT2D eigenvalue weighted by Crippen LogP contribution is -2.19. The summed E-state index contributed by atoms with van der Waals surface area (Å²) < 4.78 is 0. The van der Waals surface area contributed by atoms with Crippen molar-refractivity contribution >= 4 is 0 Å². The molecule has 2 aromatic rings. The summed E-state index contributed by atoms with van der Waals surface area (Å²) in [7, 11) is 0. The molecule has 0 spiro atoms. The van der Waals surface area contributed by atoms with Crippen molar-refractivity contribution in [2.24, 2.45) is 0 Å². The largest absolute Gasteiger partial charge is 0.302 e. The van der Waals surface area contributed by atoms with E-state index < -0.39 is 0 Å². The maximum atomic E-state index is 4.19. The second kappa shape index (κ2) is 4.56. The molecule has 0 aliphatic heterocycles. The van der Waals surface area contributed by atoms with Gasteiger partial charge >= 0.3 is 0 Å². The van der Waals surface area contributed by atoms with Crippen LogP contribution >= 0.6 is 0 Å². The average molecular weight is 205 g/mol. The Morgan fingerprint density at radius 2 is 2.40 bits per heavy atom. The van der Waals surface area contributed by atoms with Gasteiger partial charge in [0.2, 0.25) is 0 Å². The molecule has 0 saturated heterocycles. The maximum Gasteiger partial charge on any atom is 0.188 e. The SMILES string of the molecule is CC(NCc1nn[nH]n1)c1cnccn1. The third-order valence-corrected chi connectivity index (χ3v) is 1.98.